The van der Waals surface area contributed by atoms with E-state index in [2.05, 4.69) is 10.1 Å². The number of rotatable bonds is 3. The molecule has 0 atom stereocenters. The minimum absolute atomic E-state index is 0.188. The molecule has 18 heavy (non-hydrogen) atoms. The monoisotopic (exact) mass is 245 g/mol. The van der Waals surface area contributed by atoms with Crippen LogP contribution in [0.25, 0.3) is 0 Å². The highest BCUT2D eigenvalue weighted by molar-refractivity contribution is 6.08. The van der Waals surface area contributed by atoms with Crippen LogP contribution in [0.4, 0.5) is 0 Å². The van der Waals surface area contributed by atoms with Gasteiger partial charge in [-0.2, -0.15) is 5.10 Å². The molecular weight excluding hydrogens is 230 g/mol. The fraction of sp³-hybridized carbons (Fsp3) is 0.308. The summed E-state index contributed by atoms with van der Waals surface area (Å²) in [6.07, 6.45) is 0.765. The van der Waals surface area contributed by atoms with E-state index in [-0.39, 0.29) is 5.78 Å². The van der Waals surface area contributed by atoms with Crippen LogP contribution in [-0.2, 0) is 7.05 Å². The van der Waals surface area contributed by atoms with Crippen LogP contribution in [0.5, 0.6) is 0 Å². The van der Waals surface area contributed by atoms with Crippen molar-refractivity contribution in [1.82, 2.24) is 14.8 Å². The first-order chi connectivity index (χ1) is 8.45. The van der Waals surface area contributed by atoms with Crippen molar-refractivity contribution in [2.75, 3.05) is 0 Å². The molecule has 0 saturated carbocycles. The number of hydrogen-bond donors (Lipinski definition) is 1. The Morgan fingerprint density at radius 1 is 1.39 bits per heavy atom. The fourth-order valence-electron chi connectivity index (χ4n) is 1.97. The maximum atomic E-state index is 12.3. The second-order valence-electron chi connectivity index (χ2n) is 4.41. The van der Waals surface area contributed by atoms with Gasteiger partial charge in [-0.3, -0.25) is 14.3 Å². The Bertz CT molecular complexity index is 615. The summed E-state index contributed by atoms with van der Waals surface area (Å²) in [4.78, 5) is 26.2. The normalized spacial score (nSPS) is 10.7. The van der Waals surface area contributed by atoms with Crippen LogP contribution in [0.15, 0.2) is 6.07 Å². The summed E-state index contributed by atoms with van der Waals surface area (Å²) >= 11 is 0. The summed E-state index contributed by atoms with van der Waals surface area (Å²) in [6.45, 7) is 5.42. The minimum atomic E-state index is -0.188. The Morgan fingerprint density at radius 2 is 2.06 bits per heavy atom. The maximum absolute atomic E-state index is 12.3. The van der Waals surface area contributed by atoms with Crippen molar-refractivity contribution >= 4 is 12.1 Å². The zero-order chi connectivity index (χ0) is 13.4. The molecule has 5 heteroatoms. The van der Waals surface area contributed by atoms with Crippen molar-refractivity contribution in [3.63, 3.8) is 0 Å². The van der Waals surface area contributed by atoms with E-state index in [9.17, 15) is 9.59 Å². The van der Waals surface area contributed by atoms with Crippen molar-refractivity contribution in [2.45, 2.75) is 20.8 Å². The van der Waals surface area contributed by atoms with Gasteiger partial charge in [-0.25, -0.2) is 0 Å². The molecular formula is C13H15N3O2. The van der Waals surface area contributed by atoms with Gasteiger partial charge in [-0.1, -0.05) is 0 Å². The van der Waals surface area contributed by atoms with Crippen LogP contribution < -0.4 is 0 Å². The SMILES string of the molecule is Cc1[nH]c(C(=O)c2cc(C)n(C)n2)c(C)c1C=O. The van der Waals surface area contributed by atoms with Crippen molar-refractivity contribution in [3.8, 4) is 0 Å². The predicted molar refractivity (Wildman–Crippen MR) is 67.0 cm³/mol. The van der Waals surface area contributed by atoms with Crippen LogP contribution in [0.2, 0.25) is 0 Å². The molecule has 0 saturated heterocycles. The smallest absolute Gasteiger partial charge is 0.229 e. The number of aromatic nitrogens is 3. The maximum Gasteiger partial charge on any atom is 0.229 e. The number of ketones is 1. The Kier molecular flexibility index (Phi) is 2.90. The van der Waals surface area contributed by atoms with Gasteiger partial charge in [0.2, 0.25) is 5.78 Å². The lowest BCUT2D eigenvalue weighted by atomic mass is 10.1. The van der Waals surface area contributed by atoms with Gasteiger partial charge < -0.3 is 4.98 Å². The fourth-order valence-corrected chi connectivity index (χ4v) is 1.97. The number of hydrogen-bond acceptors (Lipinski definition) is 3. The molecule has 0 amide bonds. The van der Waals surface area contributed by atoms with E-state index >= 15 is 0 Å². The summed E-state index contributed by atoms with van der Waals surface area (Å²) < 4.78 is 1.65. The van der Waals surface area contributed by atoms with Crippen LogP contribution in [0.3, 0.4) is 0 Å². The largest absolute Gasteiger partial charge is 0.355 e. The number of H-pyrrole nitrogens is 1. The van der Waals surface area contributed by atoms with Gasteiger partial charge in [-0.05, 0) is 32.4 Å². The van der Waals surface area contributed by atoms with Gasteiger partial charge >= 0.3 is 0 Å². The molecule has 0 aliphatic rings. The van der Waals surface area contributed by atoms with Gasteiger partial charge in [0.05, 0.1) is 5.69 Å². The Morgan fingerprint density at radius 3 is 2.50 bits per heavy atom. The third-order valence-corrected chi connectivity index (χ3v) is 3.19. The first-order valence-corrected chi connectivity index (χ1v) is 5.65. The van der Waals surface area contributed by atoms with Crippen molar-refractivity contribution < 1.29 is 9.59 Å². The number of nitrogens with zero attached hydrogens (tertiary/aromatic N) is 2. The molecule has 2 rings (SSSR count). The number of aldehydes is 1. The lowest BCUT2D eigenvalue weighted by Crippen LogP contribution is -2.05. The second kappa shape index (κ2) is 4.25. The molecule has 0 aliphatic heterocycles. The summed E-state index contributed by atoms with van der Waals surface area (Å²) in [6, 6.07) is 1.73. The van der Waals surface area contributed by atoms with Crippen LogP contribution in [0.1, 0.15) is 43.5 Å². The van der Waals surface area contributed by atoms with E-state index in [0.717, 1.165) is 12.0 Å². The lowest BCUT2D eigenvalue weighted by molar-refractivity contribution is 0.102. The third kappa shape index (κ3) is 1.77. The molecule has 0 aliphatic carbocycles. The number of carbonyl (C=O) groups excluding carboxylic acids is 2. The Hall–Kier alpha value is -2.17. The molecule has 1 N–H and O–H groups in total. The van der Waals surface area contributed by atoms with Crippen LogP contribution >= 0.6 is 0 Å². The Labute approximate surface area is 105 Å². The minimum Gasteiger partial charge on any atom is -0.355 e. The Balaban J connectivity index is 2.49. The average molecular weight is 245 g/mol. The van der Waals surface area contributed by atoms with Crippen molar-refractivity contribution in [3.05, 3.63) is 40.0 Å². The molecule has 0 radical (unpaired) electrons. The van der Waals surface area contributed by atoms with E-state index in [1.807, 2.05) is 6.92 Å². The van der Waals surface area contributed by atoms with Gasteiger partial charge in [0.1, 0.15) is 5.69 Å². The molecule has 2 aromatic heterocycles. The van der Waals surface area contributed by atoms with E-state index < -0.39 is 0 Å². The van der Waals surface area contributed by atoms with Crippen molar-refractivity contribution in [2.24, 2.45) is 7.05 Å². The highest BCUT2D eigenvalue weighted by atomic mass is 16.1. The molecule has 2 heterocycles. The number of aryl methyl sites for hydroxylation is 3. The third-order valence-electron chi connectivity index (χ3n) is 3.19. The number of nitrogens with one attached hydrogen (secondary N) is 1. The highest BCUT2D eigenvalue weighted by Crippen LogP contribution is 2.19. The summed E-state index contributed by atoms with van der Waals surface area (Å²) in [5, 5.41) is 4.15. The summed E-state index contributed by atoms with van der Waals surface area (Å²) in [5.41, 5.74) is 3.67. The molecule has 0 bridgehead atoms. The van der Waals surface area contributed by atoms with E-state index in [1.54, 1.807) is 31.6 Å². The van der Waals surface area contributed by atoms with Gasteiger partial charge in [-0.15, -0.1) is 0 Å². The summed E-state index contributed by atoms with van der Waals surface area (Å²) in [7, 11) is 1.79. The van der Waals surface area contributed by atoms with E-state index in [1.165, 1.54) is 0 Å². The number of aromatic amines is 1. The standard InChI is InChI=1S/C13H15N3O2/c1-7-5-11(15-16(7)4)13(18)12-8(2)10(6-17)9(3)14-12/h5-6,14H,1-4H3. The van der Waals surface area contributed by atoms with E-state index in [0.29, 0.717) is 28.2 Å². The number of carbonyl (C=O) groups is 2. The highest BCUT2D eigenvalue weighted by Gasteiger charge is 2.20. The molecule has 0 aromatic carbocycles. The quantitative estimate of drug-likeness (QED) is 0.661. The molecule has 94 valence electrons. The first kappa shape index (κ1) is 12.3. The predicted octanol–water partition coefficient (Wildman–Crippen LogP) is 1.72. The van der Waals surface area contributed by atoms with Gasteiger partial charge in [0, 0.05) is 24.0 Å². The molecule has 0 fully saturated rings. The van der Waals surface area contributed by atoms with Gasteiger partial charge in [0.25, 0.3) is 0 Å². The second-order valence-corrected chi connectivity index (χ2v) is 4.41. The zero-order valence-corrected chi connectivity index (χ0v) is 10.9. The molecule has 5 nitrogen and oxygen atoms in total. The molecule has 0 unspecified atom stereocenters. The lowest BCUT2D eigenvalue weighted by Gasteiger charge is -1.96. The zero-order valence-electron chi connectivity index (χ0n) is 10.9. The van der Waals surface area contributed by atoms with Gasteiger partial charge in [0.15, 0.2) is 6.29 Å². The van der Waals surface area contributed by atoms with Crippen LogP contribution in [0, 0.1) is 20.8 Å². The molecule has 2 aromatic rings. The van der Waals surface area contributed by atoms with E-state index in [4.69, 9.17) is 0 Å². The van der Waals surface area contributed by atoms with Crippen molar-refractivity contribution in [1.29, 1.82) is 0 Å². The summed E-state index contributed by atoms with van der Waals surface area (Å²) in [5.74, 6) is -0.188. The average Bonchev–Trinajstić information content (AvgIpc) is 2.80. The molecule has 0 spiro atoms. The topological polar surface area (TPSA) is 67.8 Å². The van der Waals surface area contributed by atoms with Crippen LogP contribution in [-0.4, -0.2) is 26.8 Å². The first-order valence-electron chi connectivity index (χ1n) is 5.65.